The summed E-state index contributed by atoms with van der Waals surface area (Å²) in [6, 6.07) is 17.5. The summed E-state index contributed by atoms with van der Waals surface area (Å²) < 4.78 is 5.85. The molecule has 2 aromatic rings. The number of ketones is 1. The van der Waals surface area contributed by atoms with Gasteiger partial charge >= 0.3 is 0 Å². The number of hydrogen-bond donors (Lipinski definition) is 2. The Hall–Kier alpha value is -3.50. The number of aryl methyl sites for hydroxylation is 1. The van der Waals surface area contributed by atoms with Crippen LogP contribution in [0.1, 0.15) is 43.2 Å². The molecule has 2 N–H and O–H groups in total. The molecule has 1 aliphatic heterocycles. The molecule has 1 heterocycles. The normalized spacial score (nSPS) is 17.6. The van der Waals surface area contributed by atoms with E-state index in [1.807, 2.05) is 62.4 Å². The number of amides is 1. The fourth-order valence-electron chi connectivity index (χ4n) is 4.41. The number of ether oxygens (including phenoxy) is 1. The Kier molecular flexibility index (Phi) is 7.39. The molecule has 174 valence electrons. The molecule has 0 fully saturated rings. The molecule has 0 saturated carbocycles. The van der Waals surface area contributed by atoms with Crippen molar-refractivity contribution in [2.45, 2.75) is 39.0 Å². The molecule has 4 rings (SSSR count). The van der Waals surface area contributed by atoms with Crippen molar-refractivity contribution in [3.05, 3.63) is 81.5 Å². The van der Waals surface area contributed by atoms with E-state index in [9.17, 15) is 14.9 Å². The van der Waals surface area contributed by atoms with Crippen LogP contribution in [0.25, 0.3) is 0 Å². The lowest BCUT2D eigenvalue weighted by Crippen LogP contribution is -2.32. The van der Waals surface area contributed by atoms with Gasteiger partial charge in [0.2, 0.25) is 5.91 Å². The molecule has 0 radical (unpaired) electrons. The zero-order valence-corrected chi connectivity index (χ0v) is 20.1. The fraction of sp³-hybridized carbons (Fsp3) is 0.296. The van der Waals surface area contributed by atoms with Crippen molar-refractivity contribution >= 4 is 29.1 Å². The summed E-state index contributed by atoms with van der Waals surface area (Å²) in [7, 11) is 0. The number of allylic oxidation sites excluding steroid dienone is 3. The van der Waals surface area contributed by atoms with Crippen LogP contribution in [0.2, 0.25) is 0 Å². The number of benzene rings is 2. The molecule has 2 aliphatic rings. The van der Waals surface area contributed by atoms with Crippen molar-refractivity contribution in [2.75, 3.05) is 17.7 Å². The number of hydrogen-bond acceptors (Lipinski definition) is 6. The molecule has 1 atom stereocenters. The maximum Gasteiger partial charge on any atom is 0.234 e. The van der Waals surface area contributed by atoms with Gasteiger partial charge in [0.15, 0.2) is 5.78 Å². The third kappa shape index (κ3) is 5.02. The lowest BCUT2D eigenvalue weighted by Gasteiger charge is -2.33. The Morgan fingerprint density at radius 3 is 2.82 bits per heavy atom. The van der Waals surface area contributed by atoms with Gasteiger partial charge < -0.3 is 15.4 Å². The highest BCUT2D eigenvalue weighted by molar-refractivity contribution is 8.03. The second kappa shape index (κ2) is 10.6. The van der Waals surface area contributed by atoms with Crippen LogP contribution in [0.15, 0.2) is 70.4 Å². The van der Waals surface area contributed by atoms with Gasteiger partial charge in [-0.1, -0.05) is 42.1 Å². The molecule has 34 heavy (non-hydrogen) atoms. The van der Waals surface area contributed by atoms with E-state index in [4.69, 9.17) is 4.74 Å². The highest BCUT2D eigenvalue weighted by Crippen LogP contribution is 2.46. The predicted molar refractivity (Wildman–Crippen MR) is 134 cm³/mol. The van der Waals surface area contributed by atoms with Gasteiger partial charge in [0, 0.05) is 28.9 Å². The van der Waals surface area contributed by atoms with Crippen molar-refractivity contribution in [2.24, 2.45) is 0 Å². The number of rotatable bonds is 7. The van der Waals surface area contributed by atoms with Gasteiger partial charge in [-0.3, -0.25) is 9.59 Å². The monoisotopic (exact) mass is 473 g/mol. The second-order valence-electron chi connectivity index (χ2n) is 8.26. The maximum atomic E-state index is 13.0. The zero-order chi connectivity index (χ0) is 24.1. The van der Waals surface area contributed by atoms with Crippen molar-refractivity contribution in [3.63, 3.8) is 0 Å². The zero-order valence-electron chi connectivity index (χ0n) is 19.3. The number of para-hydroxylation sites is 1. The predicted octanol–water partition coefficient (Wildman–Crippen LogP) is 5.19. The van der Waals surface area contributed by atoms with Crippen molar-refractivity contribution < 1.29 is 14.3 Å². The third-order valence-electron chi connectivity index (χ3n) is 5.84. The topological polar surface area (TPSA) is 91.2 Å². The standard InChI is InChI=1S/C27H27N3O3S/c1-3-33-23-13-5-4-10-19(23)25-20(15-28)27(30-21-11-7-12-22(31)26(21)25)34-16-24(32)29-18-9-6-8-17(2)14-18/h4-6,8-10,13-14,25,30H,3,7,11-12,16H2,1-2H3,(H,29,32)/t25-/m0/s1. The van der Waals surface area contributed by atoms with Crippen LogP contribution in [0, 0.1) is 18.3 Å². The fourth-order valence-corrected chi connectivity index (χ4v) is 5.27. The van der Waals surface area contributed by atoms with E-state index in [0.717, 1.165) is 35.4 Å². The minimum absolute atomic E-state index is 0.0547. The van der Waals surface area contributed by atoms with Crippen molar-refractivity contribution in [1.82, 2.24) is 5.32 Å². The van der Waals surface area contributed by atoms with Gasteiger partial charge in [0.05, 0.1) is 34.9 Å². The number of nitrogens with zero attached hydrogens (tertiary/aromatic N) is 1. The van der Waals surface area contributed by atoms with Crippen molar-refractivity contribution in [3.8, 4) is 11.8 Å². The van der Waals surface area contributed by atoms with E-state index in [1.165, 1.54) is 11.8 Å². The summed E-state index contributed by atoms with van der Waals surface area (Å²) in [5.74, 6) is 0.181. The number of carbonyl (C=O) groups excluding carboxylic acids is 2. The van der Waals surface area contributed by atoms with Crippen LogP contribution >= 0.6 is 11.8 Å². The number of dihydropyridines is 1. The molecule has 0 unspecified atom stereocenters. The van der Waals surface area contributed by atoms with Crippen LogP contribution in [-0.4, -0.2) is 24.1 Å². The minimum atomic E-state index is -0.515. The molecule has 2 aromatic carbocycles. The first-order chi connectivity index (χ1) is 16.5. The maximum absolute atomic E-state index is 13.0. The molecule has 0 spiro atoms. The summed E-state index contributed by atoms with van der Waals surface area (Å²) in [5.41, 5.74) is 4.52. The molecule has 7 heteroatoms. The number of anilines is 1. The van der Waals surface area contributed by atoms with Gasteiger partial charge in [0.1, 0.15) is 5.75 Å². The summed E-state index contributed by atoms with van der Waals surface area (Å²) >= 11 is 1.28. The summed E-state index contributed by atoms with van der Waals surface area (Å²) in [5, 5.41) is 17.0. The Bertz CT molecular complexity index is 1230. The van der Waals surface area contributed by atoms with Crippen LogP contribution < -0.4 is 15.4 Å². The van der Waals surface area contributed by atoms with Gasteiger partial charge in [-0.15, -0.1) is 0 Å². The summed E-state index contributed by atoms with van der Waals surface area (Å²) in [6.45, 7) is 4.36. The summed E-state index contributed by atoms with van der Waals surface area (Å²) in [4.78, 5) is 25.6. The Morgan fingerprint density at radius 1 is 1.24 bits per heavy atom. The van der Waals surface area contributed by atoms with E-state index < -0.39 is 5.92 Å². The van der Waals surface area contributed by atoms with E-state index in [2.05, 4.69) is 16.7 Å². The summed E-state index contributed by atoms with van der Waals surface area (Å²) in [6.07, 6.45) is 1.96. The van der Waals surface area contributed by atoms with E-state index in [0.29, 0.717) is 35.0 Å². The Labute approximate surface area is 204 Å². The van der Waals surface area contributed by atoms with Crippen LogP contribution in [0.5, 0.6) is 5.75 Å². The van der Waals surface area contributed by atoms with E-state index >= 15 is 0 Å². The van der Waals surface area contributed by atoms with Gasteiger partial charge in [0.25, 0.3) is 0 Å². The Morgan fingerprint density at radius 2 is 2.06 bits per heavy atom. The number of Topliss-reactive ketones (excluding diaryl/α,β-unsaturated/α-hetero) is 1. The molecule has 0 saturated heterocycles. The first-order valence-corrected chi connectivity index (χ1v) is 12.4. The second-order valence-corrected chi connectivity index (χ2v) is 9.24. The average Bonchev–Trinajstić information content (AvgIpc) is 2.82. The Balaban J connectivity index is 1.65. The van der Waals surface area contributed by atoms with Crippen LogP contribution in [0.4, 0.5) is 5.69 Å². The van der Waals surface area contributed by atoms with Crippen LogP contribution in [-0.2, 0) is 9.59 Å². The number of nitrogens with one attached hydrogen (secondary N) is 2. The minimum Gasteiger partial charge on any atom is -0.494 e. The number of carbonyl (C=O) groups is 2. The quantitative estimate of drug-likeness (QED) is 0.575. The largest absolute Gasteiger partial charge is 0.494 e. The van der Waals surface area contributed by atoms with Gasteiger partial charge in [-0.05, 0) is 50.5 Å². The first kappa shape index (κ1) is 23.7. The smallest absolute Gasteiger partial charge is 0.234 e. The van der Waals surface area contributed by atoms with Gasteiger partial charge in [-0.2, -0.15) is 5.26 Å². The molecule has 6 nitrogen and oxygen atoms in total. The highest BCUT2D eigenvalue weighted by Gasteiger charge is 2.38. The SMILES string of the molecule is CCOc1ccccc1[C@H]1C(C#N)=C(SCC(=O)Nc2cccc(C)c2)NC2=C1C(=O)CCC2. The van der Waals surface area contributed by atoms with E-state index in [-0.39, 0.29) is 17.4 Å². The molecule has 1 aliphatic carbocycles. The molecule has 0 bridgehead atoms. The van der Waals surface area contributed by atoms with Crippen molar-refractivity contribution in [1.29, 1.82) is 5.26 Å². The number of thioether (sulfide) groups is 1. The molecular weight excluding hydrogens is 446 g/mol. The molecule has 0 aromatic heterocycles. The average molecular weight is 474 g/mol. The van der Waals surface area contributed by atoms with Crippen LogP contribution in [0.3, 0.4) is 0 Å². The molecular formula is C27H27N3O3S. The number of nitriles is 1. The lowest BCUT2D eigenvalue weighted by atomic mass is 9.76. The first-order valence-electron chi connectivity index (χ1n) is 11.4. The van der Waals surface area contributed by atoms with E-state index in [1.54, 1.807) is 0 Å². The molecule has 1 amide bonds. The van der Waals surface area contributed by atoms with Gasteiger partial charge in [-0.25, -0.2) is 0 Å². The lowest BCUT2D eigenvalue weighted by molar-refractivity contribution is -0.116. The third-order valence-corrected chi connectivity index (χ3v) is 6.86. The highest BCUT2D eigenvalue weighted by atomic mass is 32.2.